The fraction of sp³-hybridized carbons (Fsp3) is 0.167. The summed E-state index contributed by atoms with van der Waals surface area (Å²) in [5.41, 5.74) is 2.65. The van der Waals surface area contributed by atoms with Crippen LogP contribution in [0.1, 0.15) is 20.8 Å². The van der Waals surface area contributed by atoms with Crippen LogP contribution in [0.4, 0.5) is 4.39 Å². The van der Waals surface area contributed by atoms with Crippen LogP contribution in [-0.2, 0) is 6.54 Å². The van der Waals surface area contributed by atoms with Crippen LogP contribution in [0.3, 0.4) is 0 Å². The second-order valence-corrected chi connectivity index (χ2v) is 4.59. The van der Waals surface area contributed by atoms with Gasteiger partial charge in [0.25, 0.3) is 5.91 Å². The van der Waals surface area contributed by atoms with Gasteiger partial charge in [0.1, 0.15) is 5.82 Å². The number of aromatic nitrogens is 1. The van der Waals surface area contributed by atoms with E-state index in [-0.39, 0.29) is 11.7 Å². The van der Waals surface area contributed by atoms with Crippen molar-refractivity contribution in [3.05, 3.63) is 51.7 Å². The molecule has 17 heavy (non-hydrogen) atoms. The predicted octanol–water partition coefficient (Wildman–Crippen LogP) is 2.52. The average molecular weight is 250 g/mol. The highest BCUT2D eigenvalue weighted by Gasteiger charge is 2.07. The number of carbonyl (C=O) groups is 1. The molecule has 0 atom stereocenters. The van der Waals surface area contributed by atoms with Gasteiger partial charge in [0.2, 0.25) is 0 Å². The summed E-state index contributed by atoms with van der Waals surface area (Å²) in [4.78, 5) is 16.7. The Hall–Kier alpha value is -1.75. The first kappa shape index (κ1) is 11.7. The van der Waals surface area contributed by atoms with Gasteiger partial charge in [-0.1, -0.05) is 0 Å². The monoisotopic (exact) mass is 250 g/mol. The molecule has 0 aliphatic carbocycles. The lowest BCUT2D eigenvalue weighted by Gasteiger charge is -2.04. The van der Waals surface area contributed by atoms with Crippen molar-refractivity contribution in [1.29, 1.82) is 0 Å². The van der Waals surface area contributed by atoms with Crippen molar-refractivity contribution < 1.29 is 9.18 Å². The van der Waals surface area contributed by atoms with Gasteiger partial charge >= 0.3 is 0 Å². The lowest BCUT2D eigenvalue weighted by atomic mass is 10.1. The zero-order valence-corrected chi connectivity index (χ0v) is 10.1. The number of hydrogen-bond donors (Lipinski definition) is 1. The van der Waals surface area contributed by atoms with Crippen LogP contribution >= 0.6 is 11.3 Å². The van der Waals surface area contributed by atoms with E-state index >= 15 is 0 Å². The summed E-state index contributed by atoms with van der Waals surface area (Å²) in [7, 11) is 0. The van der Waals surface area contributed by atoms with Gasteiger partial charge in [0.05, 0.1) is 12.1 Å². The molecule has 0 fully saturated rings. The first-order valence-corrected chi connectivity index (χ1v) is 5.96. The van der Waals surface area contributed by atoms with Crippen molar-refractivity contribution in [2.24, 2.45) is 0 Å². The number of thiazole rings is 1. The first-order chi connectivity index (χ1) is 8.16. The number of nitrogens with zero attached hydrogens (tertiary/aromatic N) is 1. The third-order valence-electron chi connectivity index (χ3n) is 2.33. The summed E-state index contributed by atoms with van der Waals surface area (Å²) in [6.07, 6.45) is 1.71. The Bertz CT molecular complexity index is 525. The van der Waals surface area contributed by atoms with E-state index in [1.165, 1.54) is 29.5 Å². The molecule has 2 aromatic rings. The maximum Gasteiger partial charge on any atom is 0.251 e. The molecule has 1 heterocycles. The highest BCUT2D eigenvalue weighted by atomic mass is 32.1. The largest absolute Gasteiger partial charge is 0.347 e. The zero-order chi connectivity index (χ0) is 12.3. The number of hydrogen-bond acceptors (Lipinski definition) is 3. The molecular formula is C12H11FN2OS. The number of carbonyl (C=O) groups excluding carboxylic acids is 1. The van der Waals surface area contributed by atoms with Crippen LogP contribution in [0.15, 0.2) is 29.9 Å². The molecule has 1 N–H and O–H groups in total. The third-order valence-corrected chi connectivity index (χ3v) is 3.11. The molecule has 0 aliphatic rings. The van der Waals surface area contributed by atoms with E-state index in [0.717, 1.165) is 4.88 Å². The smallest absolute Gasteiger partial charge is 0.251 e. The van der Waals surface area contributed by atoms with Crippen LogP contribution < -0.4 is 5.32 Å². The highest BCUT2D eigenvalue weighted by Crippen LogP contribution is 2.10. The molecule has 5 heteroatoms. The second kappa shape index (κ2) is 5.05. The van der Waals surface area contributed by atoms with E-state index in [1.54, 1.807) is 18.6 Å². The average Bonchev–Trinajstić information content (AvgIpc) is 2.82. The number of halogens is 1. The Morgan fingerprint density at radius 2 is 2.35 bits per heavy atom. The first-order valence-electron chi connectivity index (χ1n) is 5.08. The second-order valence-electron chi connectivity index (χ2n) is 3.61. The zero-order valence-electron chi connectivity index (χ0n) is 9.24. The summed E-state index contributed by atoms with van der Waals surface area (Å²) >= 11 is 1.48. The molecule has 0 bridgehead atoms. The molecular weight excluding hydrogens is 239 g/mol. The van der Waals surface area contributed by atoms with E-state index in [1.807, 2.05) is 0 Å². The van der Waals surface area contributed by atoms with Crippen LogP contribution in [0.25, 0.3) is 0 Å². The Morgan fingerprint density at radius 3 is 3.00 bits per heavy atom. The Kier molecular flexibility index (Phi) is 3.49. The van der Waals surface area contributed by atoms with Crippen LogP contribution in [0, 0.1) is 12.7 Å². The van der Waals surface area contributed by atoms with E-state index < -0.39 is 0 Å². The minimum Gasteiger partial charge on any atom is -0.347 e. The maximum absolute atomic E-state index is 13.0. The van der Waals surface area contributed by atoms with Crippen LogP contribution in [0.5, 0.6) is 0 Å². The van der Waals surface area contributed by atoms with Crippen LogP contribution in [0.2, 0.25) is 0 Å². The number of nitrogens with one attached hydrogen (secondary N) is 1. The van der Waals surface area contributed by atoms with Gasteiger partial charge in [-0.3, -0.25) is 9.78 Å². The SMILES string of the molecule is Cc1cc(C(=O)NCc2cncs2)ccc1F. The Balaban J connectivity index is 2.02. The van der Waals surface area contributed by atoms with Crippen molar-refractivity contribution in [2.75, 3.05) is 0 Å². The predicted molar refractivity (Wildman–Crippen MR) is 64.4 cm³/mol. The fourth-order valence-electron chi connectivity index (χ4n) is 1.38. The molecule has 0 radical (unpaired) electrons. The summed E-state index contributed by atoms with van der Waals surface area (Å²) in [6.45, 7) is 2.08. The summed E-state index contributed by atoms with van der Waals surface area (Å²) in [6, 6.07) is 4.32. The van der Waals surface area contributed by atoms with Gasteiger partial charge in [0.15, 0.2) is 0 Å². The number of benzene rings is 1. The third kappa shape index (κ3) is 2.88. The van der Waals surface area contributed by atoms with E-state index in [9.17, 15) is 9.18 Å². The highest BCUT2D eigenvalue weighted by molar-refractivity contribution is 7.09. The van der Waals surface area contributed by atoms with Gasteiger partial charge < -0.3 is 5.32 Å². The van der Waals surface area contributed by atoms with Crippen LogP contribution in [-0.4, -0.2) is 10.9 Å². The lowest BCUT2D eigenvalue weighted by Crippen LogP contribution is -2.22. The van der Waals surface area contributed by atoms with E-state index in [4.69, 9.17) is 0 Å². The Morgan fingerprint density at radius 1 is 1.53 bits per heavy atom. The molecule has 0 unspecified atom stereocenters. The molecule has 0 saturated heterocycles. The van der Waals surface area contributed by atoms with Crippen molar-refractivity contribution in [1.82, 2.24) is 10.3 Å². The van der Waals surface area contributed by atoms with Crippen molar-refractivity contribution in [2.45, 2.75) is 13.5 Å². The van der Waals surface area contributed by atoms with Gasteiger partial charge in [-0.2, -0.15) is 0 Å². The normalized spacial score (nSPS) is 10.2. The van der Waals surface area contributed by atoms with Gasteiger partial charge in [-0.15, -0.1) is 11.3 Å². The Labute approximate surface area is 102 Å². The van der Waals surface area contributed by atoms with Gasteiger partial charge in [-0.05, 0) is 30.7 Å². The van der Waals surface area contributed by atoms with Crippen molar-refractivity contribution in [3.63, 3.8) is 0 Å². The molecule has 2 rings (SSSR count). The fourth-order valence-corrected chi connectivity index (χ4v) is 1.92. The molecule has 1 aromatic carbocycles. The van der Waals surface area contributed by atoms with Gasteiger partial charge in [0, 0.05) is 16.6 Å². The molecule has 0 saturated carbocycles. The molecule has 1 aromatic heterocycles. The molecule has 0 aliphatic heterocycles. The lowest BCUT2D eigenvalue weighted by molar-refractivity contribution is 0.0951. The molecule has 0 spiro atoms. The maximum atomic E-state index is 13.0. The number of amides is 1. The van der Waals surface area contributed by atoms with E-state index in [2.05, 4.69) is 10.3 Å². The van der Waals surface area contributed by atoms with E-state index in [0.29, 0.717) is 17.7 Å². The van der Waals surface area contributed by atoms with Crippen molar-refractivity contribution >= 4 is 17.2 Å². The summed E-state index contributed by atoms with van der Waals surface area (Å²) in [5, 5.41) is 2.76. The summed E-state index contributed by atoms with van der Waals surface area (Å²) in [5.74, 6) is -0.509. The van der Waals surface area contributed by atoms with Gasteiger partial charge in [-0.25, -0.2) is 4.39 Å². The number of rotatable bonds is 3. The topological polar surface area (TPSA) is 42.0 Å². The minimum absolute atomic E-state index is 0.207. The standard InChI is InChI=1S/C12H11FN2OS/c1-8-4-9(2-3-11(8)13)12(16)15-6-10-5-14-7-17-10/h2-5,7H,6H2,1H3,(H,15,16). The van der Waals surface area contributed by atoms with Crippen molar-refractivity contribution in [3.8, 4) is 0 Å². The quantitative estimate of drug-likeness (QED) is 0.909. The number of aryl methyl sites for hydroxylation is 1. The molecule has 3 nitrogen and oxygen atoms in total. The minimum atomic E-state index is -0.302. The molecule has 88 valence electrons. The molecule has 1 amide bonds. The summed E-state index contributed by atoms with van der Waals surface area (Å²) < 4.78 is 13.0.